The second-order valence-electron chi connectivity index (χ2n) is 10.9. The van der Waals surface area contributed by atoms with E-state index in [0.717, 1.165) is 42.5 Å². The van der Waals surface area contributed by atoms with Gasteiger partial charge >= 0.3 is 0 Å². The molecule has 1 heterocycles. The van der Waals surface area contributed by atoms with Crippen LogP contribution in [0.5, 0.6) is 0 Å². The van der Waals surface area contributed by atoms with Gasteiger partial charge in [0.25, 0.3) is 0 Å². The molecule has 0 spiro atoms. The molecule has 31 heavy (non-hydrogen) atoms. The van der Waals surface area contributed by atoms with Gasteiger partial charge in [-0.3, -0.25) is 0 Å². The summed E-state index contributed by atoms with van der Waals surface area (Å²) in [6.07, 6.45) is 15.0. The number of allylic oxidation sites excluding steroid dienone is 3. The predicted octanol–water partition coefficient (Wildman–Crippen LogP) is 6.19. The minimum Gasteiger partial charge on any atom is -0.393 e. The van der Waals surface area contributed by atoms with E-state index in [1.807, 2.05) is 4.68 Å². The van der Waals surface area contributed by atoms with Crippen molar-refractivity contribution in [2.45, 2.75) is 64.9 Å². The summed E-state index contributed by atoms with van der Waals surface area (Å²) in [5.74, 6) is 2.24. The van der Waals surface area contributed by atoms with Crippen molar-refractivity contribution in [2.24, 2.45) is 28.6 Å². The summed E-state index contributed by atoms with van der Waals surface area (Å²) < 4.78 is 2.02. The van der Waals surface area contributed by atoms with Crippen LogP contribution in [0, 0.1) is 28.6 Å². The molecule has 4 aliphatic rings. The average molecular weight is 415 g/mol. The summed E-state index contributed by atoms with van der Waals surface area (Å²) in [7, 11) is 0. The Bertz CT molecular complexity index is 1050. The van der Waals surface area contributed by atoms with Crippen LogP contribution >= 0.6 is 0 Å². The summed E-state index contributed by atoms with van der Waals surface area (Å²) in [4.78, 5) is 0. The maximum atomic E-state index is 10.2. The van der Waals surface area contributed by atoms with Crippen LogP contribution in [0.3, 0.4) is 0 Å². The number of aliphatic hydroxyl groups is 1. The smallest absolute Gasteiger partial charge is 0.0889 e. The van der Waals surface area contributed by atoms with Crippen LogP contribution in [0.1, 0.15) is 64.5 Å². The lowest BCUT2D eigenvalue weighted by molar-refractivity contribution is -0.0238. The Balaban J connectivity index is 1.29. The zero-order chi connectivity index (χ0) is 21.2. The maximum Gasteiger partial charge on any atom is 0.0889 e. The summed E-state index contributed by atoms with van der Waals surface area (Å²) in [5.41, 5.74) is 5.85. The largest absolute Gasteiger partial charge is 0.393 e. The molecule has 3 nitrogen and oxygen atoms in total. The number of benzene rings is 1. The molecule has 1 N–H and O–H groups in total. The molecule has 3 heteroatoms. The topological polar surface area (TPSA) is 38.0 Å². The molecule has 2 fully saturated rings. The van der Waals surface area contributed by atoms with Crippen molar-refractivity contribution in [1.29, 1.82) is 0 Å². The van der Waals surface area contributed by atoms with Gasteiger partial charge in [0.15, 0.2) is 0 Å². The molecule has 162 valence electrons. The molecule has 2 aromatic rings. The Hall–Kier alpha value is -2.13. The number of fused-ring (bicyclic) bond motifs is 5. The first-order valence-electron chi connectivity index (χ1n) is 12.2. The molecular formula is C28H34N2O. The normalized spacial score (nSPS) is 39.2. The molecule has 0 bridgehead atoms. The number of aliphatic hydroxyl groups excluding tert-OH is 1. The summed E-state index contributed by atoms with van der Waals surface area (Å²) in [5, 5.41) is 15.2. The van der Waals surface area contributed by atoms with E-state index in [-0.39, 0.29) is 11.5 Å². The molecule has 6 rings (SSSR count). The van der Waals surface area contributed by atoms with E-state index in [1.165, 1.54) is 31.3 Å². The van der Waals surface area contributed by atoms with Gasteiger partial charge in [0.1, 0.15) is 0 Å². The monoisotopic (exact) mass is 414 g/mol. The van der Waals surface area contributed by atoms with E-state index in [0.29, 0.717) is 11.3 Å². The summed E-state index contributed by atoms with van der Waals surface area (Å²) in [6, 6.07) is 12.6. The molecule has 0 radical (unpaired) electrons. The lowest BCUT2D eigenvalue weighted by Crippen LogP contribution is -2.49. The van der Waals surface area contributed by atoms with Gasteiger partial charge in [-0.05, 0) is 97.3 Å². The maximum absolute atomic E-state index is 10.2. The fraction of sp³-hybridized carbons (Fsp3) is 0.536. The molecule has 0 unspecified atom stereocenters. The van der Waals surface area contributed by atoms with Crippen LogP contribution in [0.4, 0.5) is 0 Å². The zero-order valence-corrected chi connectivity index (χ0v) is 18.8. The van der Waals surface area contributed by atoms with Gasteiger partial charge < -0.3 is 5.11 Å². The van der Waals surface area contributed by atoms with Crippen molar-refractivity contribution >= 4 is 5.57 Å². The lowest BCUT2D eigenvalue weighted by atomic mass is 9.47. The molecule has 0 aliphatic heterocycles. The van der Waals surface area contributed by atoms with Crippen molar-refractivity contribution in [3.63, 3.8) is 0 Å². The van der Waals surface area contributed by atoms with E-state index in [2.05, 4.69) is 68.6 Å². The van der Waals surface area contributed by atoms with Crippen molar-refractivity contribution in [3.05, 3.63) is 66.0 Å². The Morgan fingerprint density at radius 3 is 2.58 bits per heavy atom. The molecule has 4 aliphatic carbocycles. The SMILES string of the molecule is C[C@]12CC[C@H](O)CC1=CC[C@@H]1[C@@H]2CC[C@]2(C)C(c3ccn(-c4ccccc4)n3)=CC[C@@H]12. The van der Waals surface area contributed by atoms with Crippen LogP contribution in [0.2, 0.25) is 0 Å². The third kappa shape index (κ3) is 2.85. The molecule has 1 aromatic heterocycles. The second kappa shape index (κ2) is 6.93. The van der Waals surface area contributed by atoms with Gasteiger partial charge in [0.2, 0.25) is 0 Å². The number of nitrogens with zero attached hydrogens (tertiary/aromatic N) is 2. The van der Waals surface area contributed by atoms with Crippen LogP contribution < -0.4 is 0 Å². The van der Waals surface area contributed by atoms with Gasteiger partial charge in [0.05, 0.1) is 17.5 Å². The zero-order valence-electron chi connectivity index (χ0n) is 18.8. The Labute approximate surface area is 185 Å². The first kappa shape index (κ1) is 19.5. The number of hydrogen-bond acceptors (Lipinski definition) is 2. The minimum absolute atomic E-state index is 0.121. The molecule has 1 aromatic carbocycles. The Morgan fingerprint density at radius 1 is 0.935 bits per heavy atom. The summed E-state index contributed by atoms with van der Waals surface area (Å²) >= 11 is 0. The van der Waals surface area contributed by atoms with E-state index in [1.54, 1.807) is 5.57 Å². The third-order valence-corrected chi connectivity index (χ3v) is 9.54. The minimum atomic E-state index is -0.121. The van der Waals surface area contributed by atoms with E-state index in [4.69, 9.17) is 5.10 Å². The number of hydrogen-bond donors (Lipinski definition) is 1. The van der Waals surface area contributed by atoms with Crippen molar-refractivity contribution in [3.8, 4) is 5.69 Å². The molecule has 6 atom stereocenters. The van der Waals surface area contributed by atoms with Gasteiger partial charge in [-0.2, -0.15) is 5.10 Å². The molecule has 0 saturated heterocycles. The van der Waals surface area contributed by atoms with Crippen molar-refractivity contribution in [1.82, 2.24) is 9.78 Å². The third-order valence-electron chi connectivity index (χ3n) is 9.54. The van der Waals surface area contributed by atoms with Gasteiger partial charge in [-0.25, -0.2) is 4.68 Å². The summed E-state index contributed by atoms with van der Waals surface area (Å²) in [6.45, 7) is 5.02. The van der Waals surface area contributed by atoms with Gasteiger partial charge in [-0.1, -0.05) is 49.8 Å². The van der Waals surface area contributed by atoms with E-state index < -0.39 is 0 Å². The van der Waals surface area contributed by atoms with E-state index in [9.17, 15) is 5.11 Å². The van der Waals surface area contributed by atoms with Crippen molar-refractivity contribution < 1.29 is 5.11 Å². The van der Waals surface area contributed by atoms with E-state index >= 15 is 0 Å². The van der Waals surface area contributed by atoms with Crippen LogP contribution in [-0.4, -0.2) is 21.0 Å². The highest BCUT2D eigenvalue weighted by Crippen LogP contribution is 2.66. The predicted molar refractivity (Wildman–Crippen MR) is 125 cm³/mol. The average Bonchev–Trinajstić information content (AvgIpc) is 3.39. The second-order valence-corrected chi connectivity index (χ2v) is 10.9. The number of para-hydroxylation sites is 1. The number of aromatic nitrogens is 2. The molecular weight excluding hydrogens is 380 g/mol. The molecule has 0 amide bonds. The highest BCUT2D eigenvalue weighted by Gasteiger charge is 2.57. The van der Waals surface area contributed by atoms with Gasteiger partial charge in [0, 0.05) is 6.20 Å². The Morgan fingerprint density at radius 2 is 1.74 bits per heavy atom. The number of rotatable bonds is 2. The fourth-order valence-corrected chi connectivity index (χ4v) is 7.80. The first-order valence-corrected chi connectivity index (χ1v) is 12.2. The quantitative estimate of drug-likeness (QED) is 0.595. The van der Waals surface area contributed by atoms with Crippen LogP contribution in [0.15, 0.2) is 60.3 Å². The highest BCUT2D eigenvalue weighted by atomic mass is 16.3. The lowest BCUT2D eigenvalue weighted by Gasteiger charge is -2.57. The fourth-order valence-electron chi connectivity index (χ4n) is 7.80. The van der Waals surface area contributed by atoms with Crippen molar-refractivity contribution in [2.75, 3.05) is 0 Å². The molecule has 2 saturated carbocycles. The van der Waals surface area contributed by atoms with Crippen LogP contribution in [-0.2, 0) is 0 Å². The van der Waals surface area contributed by atoms with Crippen LogP contribution in [0.25, 0.3) is 11.3 Å². The standard InChI is InChI=1S/C28H34N2O/c1-27-15-12-21(31)18-19(27)8-9-22-23-10-11-25(28(23,2)16-13-24(22)27)26-14-17-30(29-26)20-6-4-3-5-7-20/h3-8,11,14,17,21-24,31H,9-10,12-13,15-16,18H2,1-2H3/t21-,22-,23-,24-,27-,28-/m0/s1. The Kier molecular flexibility index (Phi) is 4.37. The van der Waals surface area contributed by atoms with Gasteiger partial charge in [-0.15, -0.1) is 0 Å². The first-order chi connectivity index (χ1) is 15.0. The highest BCUT2D eigenvalue weighted by molar-refractivity contribution is 5.70.